The van der Waals surface area contributed by atoms with Crippen molar-refractivity contribution in [2.24, 2.45) is 0 Å². The van der Waals surface area contributed by atoms with E-state index in [1.807, 2.05) is 6.92 Å². The van der Waals surface area contributed by atoms with E-state index in [2.05, 4.69) is 15.3 Å². The summed E-state index contributed by atoms with van der Waals surface area (Å²) in [4.78, 5) is 18.8. The molecule has 8 nitrogen and oxygen atoms in total. The Hall–Kier alpha value is -2.90. The molecule has 1 aromatic carbocycles. The summed E-state index contributed by atoms with van der Waals surface area (Å²) in [7, 11) is 1.63. The van der Waals surface area contributed by atoms with Crippen molar-refractivity contribution in [3.05, 3.63) is 33.9 Å². The number of nitrogens with one attached hydrogen (secondary N) is 1. The van der Waals surface area contributed by atoms with Gasteiger partial charge >= 0.3 is 0 Å². The lowest BCUT2D eigenvalue weighted by molar-refractivity contribution is -0.383. The zero-order valence-electron chi connectivity index (χ0n) is 11.8. The molecule has 0 fully saturated rings. The van der Waals surface area contributed by atoms with Crippen molar-refractivity contribution in [2.45, 2.75) is 13.3 Å². The lowest BCUT2D eigenvalue weighted by Gasteiger charge is -2.11. The summed E-state index contributed by atoms with van der Waals surface area (Å²) < 4.78 is 0. The van der Waals surface area contributed by atoms with Gasteiger partial charge in [0.2, 0.25) is 5.95 Å². The molecule has 21 heavy (non-hydrogen) atoms. The van der Waals surface area contributed by atoms with E-state index in [0.29, 0.717) is 29.2 Å². The third-order valence-electron chi connectivity index (χ3n) is 3.15. The molecule has 0 aliphatic carbocycles. The highest BCUT2D eigenvalue weighted by Gasteiger charge is 2.18. The quantitative estimate of drug-likeness (QED) is 0.577. The predicted molar refractivity (Wildman–Crippen MR) is 81.9 cm³/mol. The first-order valence-corrected chi connectivity index (χ1v) is 6.36. The highest BCUT2D eigenvalue weighted by molar-refractivity contribution is 5.75. The molecule has 8 heteroatoms. The second-order valence-corrected chi connectivity index (χ2v) is 4.39. The largest absolute Gasteiger partial charge is 0.383 e. The van der Waals surface area contributed by atoms with E-state index < -0.39 is 4.92 Å². The van der Waals surface area contributed by atoms with Crippen LogP contribution in [0.1, 0.15) is 12.5 Å². The Labute approximate surface area is 121 Å². The van der Waals surface area contributed by atoms with Gasteiger partial charge in [0.1, 0.15) is 11.5 Å². The molecule has 0 aliphatic heterocycles. The van der Waals surface area contributed by atoms with Crippen molar-refractivity contribution in [1.29, 1.82) is 0 Å². The number of hydrogen-bond donors (Lipinski definition) is 3. The van der Waals surface area contributed by atoms with E-state index in [1.165, 1.54) is 6.07 Å². The van der Waals surface area contributed by atoms with Gasteiger partial charge in [-0.25, -0.2) is 4.98 Å². The molecule has 0 spiro atoms. The molecule has 5 N–H and O–H groups in total. The molecule has 0 atom stereocenters. The maximum Gasteiger partial charge on any atom is 0.292 e. The van der Waals surface area contributed by atoms with Gasteiger partial charge in [-0.15, -0.1) is 0 Å². The predicted octanol–water partition coefficient (Wildman–Crippen LogP) is 1.82. The van der Waals surface area contributed by atoms with Gasteiger partial charge in [-0.2, -0.15) is 4.98 Å². The van der Waals surface area contributed by atoms with E-state index in [1.54, 1.807) is 19.2 Å². The van der Waals surface area contributed by atoms with Crippen LogP contribution in [0, 0.1) is 10.1 Å². The average molecular weight is 288 g/mol. The van der Waals surface area contributed by atoms with Gasteiger partial charge in [-0.3, -0.25) is 10.1 Å². The number of aromatic nitrogens is 2. The van der Waals surface area contributed by atoms with Crippen LogP contribution in [0.2, 0.25) is 0 Å². The lowest BCUT2D eigenvalue weighted by atomic mass is 10.0. The van der Waals surface area contributed by atoms with Gasteiger partial charge in [-0.1, -0.05) is 13.0 Å². The molecule has 2 aromatic rings. The molecule has 110 valence electrons. The van der Waals surface area contributed by atoms with E-state index in [0.717, 1.165) is 5.56 Å². The Bertz CT molecular complexity index is 701. The fraction of sp³-hybridized carbons (Fsp3) is 0.231. The number of benzene rings is 1. The van der Waals surface area contributed by atoms with Crippen molar-refractivity contribution >= 4 is 23.1 Å². The Morgan fingerprint density at radius 2 is 2.05 bits per heavy atom. The van der Waals surface area contributed by atoms with Crippen molar-refractivity contribution in [3.8, 4) is 11.3 Å². The molecule has 0 amide bonds. The Morgan fingerprint density at radius 3 is 2.62 bits per heavy atom. The van der Waals surface area contributed by atoms with Crippen LogP contribution in [0.15, 0.2) is 18.2 Å². The fourth-order valence-electron chi connectivity index (χ4n) is 2.15. The normalized spacial score (nSPS) is 10.4. The molecule has 1 aromatic heterocycles. The van der Waals surface area contributed by atoms with E-state index in [4.69, 9.17) is 11.5 Å². The second kappa shape index (κ2) is 5.61. The van der Waals surface area contributed by atoms with Gasteiger partial charge in [0.15, 0.2) is 0 Å². The maximum absolute atomic E-state index is 11.1. The van der Waals surface area contributed by atoms with Crippen LogP contribution in [-0.4, -0.2) is 21.9 Å². The monoisotopic (exact) mass is 288 g/mol. The topological polar surface area (TPSA) is 133 Å². The van der Waals surface area contributed by atoms with Gasteiger partial charge < -0.3 is 16.8 Å². The number of nitro groups is 1. The number of nitro benzene ring substituents is 1. The molecular formula is C13H16N6O2. The van der Waals surface area contributed by atoms with Crippen LogP contribution >= 0.6 is 0 Å². The minimum atomic E-state index is -0.450. The van der Waals surface area contributed by atoms with Gasteiger partial charge in [-0.05, 0) is 12.5 Å². The number of hydrogen-bond acceptors (Lipinski definition) is 7. The summed E-state index contributed by atoms with van der Waals surface area (Å²) in [6, 6.07) is 4.81. The molecule has 0 saturated carbocycles. The Kier molecular flexibility index (Phi) is 3.88. The Balaban J connectivity index is 2.67. The van der Waals surface area contributed by atoms with E-state index >= 15 is 0 Å². The number of nitrogens with zero attached hydrogens (tertiary/aromatic N) is 3. The smallest absolute Gasteiger partial charge is 0.292 e. The number of anilines is 3. The SMILES string of the molecule is CCc1c(N)nc(N)nc1-c1ccc(NC)c([N+](=O)[O-])c1. The second-order valence-electron chi connectivity index (χ2n) is 4.39. The fourth-order valence-corrected chi connectivity index (χ4v) is 2.15. The average Bonchev–Trinajstić information content (AvgIpc) is 2.45. The summed E-state index contributed by atoms with van der Waals surface area (Å²) in [5.74, 6) is 0.334. The molecule has 1 heterocycles. The first-order valence-electron chi connectivity index (χ1n) is 6.36. The zero-order chi connectivity index (χ0) is 15.6. The van der Waals surface area contributed by atoms with Gasteiger partial charge in [0, 0.05) is 24.2 Å². The molecule has 0 radical (unpaired) electrons. The van der Waals surface area contributed by atoms with Gasteiger partial charge in [0.05, 0.1) is 10.6 Å². The summed E-state index contributed by atoms with van der Waals surface area (Å²) in [6.45, 7) is 1.91. The van der Waals surface area contributed by atoms with Crippen molar-refractivity contribution < 1.29 is 4.92 Å². The number of nitrogen functional groups attached to an aromatic ring is 2. The summed E-state index contributed by atoms with van der Waals surface area (Å²) in [6.07, 6.45) is 0.600. The van der Waals surface area contributed by atoms with Gasteiger partial charge in [0.25, 0.3) is 5.69 Å². The molecule has 0 saturated heterocycles. The minimum absolute atomic E-state index is 0.0344. The van der Waals surface area contributed by atoms with E-state index in [9.17, 15) is 10.1 Å². The van der Waals surface area contributed by atoms with Crippen LogP contribution in [0.4, 0.5) is 23.1 Å². The molecule has 0 aliphatic rings. The summed E-state index contributed by atoms with van der Waals surface area (Å²) in [5, 5.41) is 13.9. The molecular weight excluding hydrogens is 272 g/mol. The maximum atomic E-state index is 11.1. The van der Waals surface area contributed by atoms with Crippen LogP contribution in [0.25, 0.3) is 11.3 Å². The van der Waals surface area contributed by atoms with Crippen LogP contribution < -0.4 is 16.8 Å². The number of nitrogens with two attached hydrogens (primary N) is 2. The first kappa shape index (κ1) is 14.5. The van der Waals surface area contributed by atoms with Crippen LogP contribution in [-0.2, 0) is 6.42 Å². The summed E-state index contributed by atoms with van der Waals surface area (Å²) in [5.41, 5.74) is 13.7. The van der Waals surface area contributed by atoms with Crippen molar-refractivity contribution in [3.63, 3.8) is 0 Å². The Morgan fingerprint density at radius 1 is 1.33 bits per heavy atom. The third-order valence-corrected chi connectivity index (χ3v) is 3.15. The number of rotatable bonds is 4. The molecule has 0 unspecified atom stereocenters. The van der Waals surface area contributed by atoms with Crippen LogP contribution in [0.5, 0.6) is 0 Å². The molecule has 0 bridgehead atoms. The third kappa shape index (κ3) is 2.69. The standard InChI is InChI=1S/C13H16N6O2/c1-3-8-11(17-13(15)18-12(8)14)7-4-5-9(16-2)10(6-7)19(20)21/h4-6,16H,3H2,1-2H3,(H4,14,15,17,18). The van der Waals surface area contributed by atoms with Crippen molar-refractivity contribution in [1.82, 2.24) is 9.97 Å². The summed E-state index contributed by atoms with van der Waals surface area (Å²) >= 11 is 0. The first-order chi connectivity index (χ1) is 9.97. The highest BCUT2D eigenvalue weighted by atomic mass is 16.6. The highest BCUT2D eigenvalue weighted by Crippen LogP contribution is 2.32. The van der Waals surface area contributed by atoms with E-state index in [-0.39, 0.29) is 11.6 Å². The minimum Gasteiger partial charge on any atom is -0.383 e. The van der Waals surface area contributed by atoms with Crippen LogP contribution in [0.3, 0.4) is 0 Å². The lowest BCUT2D eigenvalue weighted by Crippen LogP contribution is -2.06. The molecule has 2 rings (SSSR count). The van der Waals surface area contributed by atoms with Crippen molar-refractivity contribution in [2.75, 3.05) is 23.8 Å². The zero-order valence-corrected chi connectivity index (χ0v) is 11.8.